The Morgan fingerprint density at radius 2 is 2.31 bits per heavy atom. The van der Waals surface area contributed by atoms with Gasteiger partial charge in [-0.3, -0.25) is 9.89 Å². The molecule has 1 amide bonds. The van der Waals surface area contributed by atoms with Crippen molar-refractivity contribution in [2.75, 3.05) is 5.32 Å². The molecule has 0 fully saturated rings. The molecular formula is C10H9FN4O. The molecule has 0 saturated carbocycles. The maximum absolute atomic E-state index is 13.4. The van der Waals surface area contributed by atoms with E-state index in [1.807, 2.05) is 0 Å². The number of carbonyl (C=O) groups is 1. The molecule has 82 valence electrons. The van der Waals surface area contributed by atoms with E-state index in [4.69, 9.17) is 0 Å². The number of anilines is 1. The van der Waals surface area contributed by atoms with Gasteiger partial charge in [-0.05, 0) is 18.6 Å². The Morgan fingerprint density at radius 3 is 2.94 bits per heavy atom. The van der Waals surface area contributed by atoms with E-state index in [0.717, 1.165) is 0 Å². The summed E-state index contributed by atoms with van der Waals surface area (Å²) in [7, 11) is 0. The zero-order valence-electron chi connectivity index (χ0n) is 8.49. The van der Waals surface area contributed by atoms with Gasteiger partial charge in [-0.25, -0.2) is 9.37 Å². The largest absolute Gasteiger partial charge is 0.316 e. The van der Waals surface area contributed by atoms with Gasteiger partial charge < -0.3 is 5.32 Å². The van der Waals surface area contributed by atoms with Crippen molar-refractivity contribution in [2.24, 2.45) is 0 Å². The van der Waals surface area contributed by atoms with Crippen molar-refractivity contribution >= 4 is 11.6 Å². The SMILES string of the molecule is Cc1cccc(F)c1NC(=O)c1ncn[nH]1. The first-order valence-corrected chi connectivity index (χ1v) is 4.60. The van der Waals surface area contributed by atoms with Crippen LogP contribution in [0.25, 0.3) is 0 Å². The third-order valence-corrected chi connectivity index (χ3v) is 2.09. The minimum Gasteiger partial charge on any atom is -0.316 e. The fourth-order valence-corrected chi connectivity index (χ4v) is 1.28. The van der Waals surface area contributed by atoms with Gasteiger partial charge >= 0.3 is 0 Å². The van der Waals surface area contributed by atoms with E-state index in [2.05, 4.69) is 20.5 Å². The molecule has 0 unspecified atom stereocenters. The number of aromatic nitrogens is 3. The van der Waals surface area contributed by atoms with Crippen molar-refractivity contribution in [1.82, 2.24) is 15.2 Å². The molecule has 2 N–H and O–H groups in total. The number of aromatic amines is 1. The smallest absolute Gasteiger partial charge is 0.293 e. The number of rotatable bonds is 2. The summed E-state index contributed by atoms with van der Waals surface area (Å²) in [6.45, 7) is 1.71. The van der Waals surface area contributed by atoms with Crippen molar-refractivity contribution in [3.63, 3.8) is 0 Å². The van der Waals surface area contributed by atoms with Crippen molar-refractivity contribution in [1.29, 1.82) is 0 Å². The molecule has 0 aliphatic heterocycles. The number of aryl methyl sites for hydroxylation is 1. The zero-order valence-corrected chi connectivity index (χ0v) is 8.49. The Labute approximate surface area is 90.7 Å². The van der Waals surface area contributed by atoms with Gasteiger partial charge in [0.2, 0.25) is 5.82 Å². The maximum Gasteiger partial charge on any atom is 0.293 e. The molecule has 16 heavy (non-hydrogen) atoms. The molecule has 0 bridgehead atoms. The van der Waals surface area contributed by atoms with Crippen LogP contribution in [0, 0.1) is 12.7 Å². The molecular weight excluding hydrogens is 211 g/mol. The number of hydrogen-bond donors (Lipinski definition) is 2. The van der Waals surface area contributed by atoms with E-state index in [1.54, 1.807) is 19.1 Å². The fraction of sp³-hybridized carbons (Fsp3) is 0.100. The highest BCUT2D eigenvalue weighted by atomic mass is 19.1. The first-order valence-electron chi connectivity index (χ1n) is 4.60. The quantitative estimate of drug-likeness (QED) is 0.805. The summed E-state index contributed by atoms with van der Waals surface area (Å²) in [4.78, 5) is 15.2. The molecule has 6 heteroatoms. The minimum atomic E-state index is -0.522. The second-order valence-electron chi connectivity index (χ2n) is 3.22. The Bertz CT molecular complexity index is 489. The second kappa shape index (κ2) is 4.09. The van der Waals surface area contributed by atoms with E-state index in [-0.39, 0.29) is 11.5 Å². The van der Waals surface area contributed by atoms with E-state index < -0.39 is 11.7 Å². The molecule has 0 saturated heterocycles. The number of nitrogens with one attached hydrogen (secondary N) is 2. The van der Waals surface area contributed by atoms with Crippen LogP contribution in [-0.2, 0) is 0 Å². The molecule has 1 aromatic carbocycles. The molecule has 0 aliphatic rings. The predicted octanol–water partition coefficient (Wildman–Crippen LogP) is 1.50. The van der Waals surface area contributed by atoms with Crippen LogP contribution < -0.4 is 5.32 Å². The highest BCUT2D eigenvalue weighted by Crippen LogP contribution is 2.18. The number of H-pyrrole nitrogens is 1. The van der Waals surface area contributed by atoms with E-state index in [0.29, 0.717) is 5.56 Å². The number of halogens is 1. The molecule has 5 nitrogen and oxygen atoms in total. The molecule has 0 atom stereocenters. The summed E-state index contributed by atoms with van der Waals surface area (Å²) in [6, 6.07) is 4.57. The summed E-state index contributed by atoms with van der Waals surface area (Å²) < 4.78 is 13.4. The Kier molecular flexibility index (Phi) is 2.63. The normalized spacial score (nSPS) is 10.1. The van der Waals surface area contributed by atoms with Crippen LogP contribution in [0.5, 0.6) is 0 Å². The van der Waals surface area contributed by atoms with Crippen molar-refractivity contribution in [3.05, 3.63) is 41.7 Å². The highest BCUT2D eigenvalue weighted by Gasteiger charge is 2.12. The lowest BCUT2D eigenvalue weighted by Gasteiger charge is -2.07. The zero-order chi connectivity index (χ0) is 11.5. The molecule has 2 aromatic rings. The summed E-state index contributed by atoms with van der Waals surface area (Å²) in [5, 5.41) is 8.37. The number of nitrogens with zero attached hydrogens (tertiary/aromatic N) is 2. The molecule has 0 radical (unpaired) electrons. The average molecular weight is 220 g/mol. The number of benzene rings is 1. The summed E-state index contributed by atoms with van der Waals surface area (Å²) in [5.41, 5.74) is 0.803. The van der Waals surface area contributed by atoms with Gasteiger partial charge in [0.05, 0.1) is 5.69 Å². The Morgan fingerprint density at radius 1 is 1.50 bits per heavy atom. The summed E-state index contributed by atoms with van der Waals surface area (Å²) >= 11 is 0. The maximum atomic E-state index is 13.4. The lowest BCUT2D eigenvalue weighted by Crippen LogP contribution is -2.15. The van der Waals surface area contributed by atoms with Gasteiger partial charge in [0.1, 0.15) is 12.1 Å². The van der Waals surface area contributed by atoms with Gasteiger partial charge in [0.15, 0.2) is 0 Å². The number of para-hydroxylation sites is 1. The molecule has 1 heterocycles. The highest BCUT2D eigenvalue weighted by molar-refractivity contribution is 6.01. The standard InChI is InChI=1S/C10H9FN4O/c1-6-3-2-4-7(11)8(6)14-10(16)9-12-5-13-15-9/h2-5H,1H3,(H,14,16)(H,12,13,15). The van der Waals surface area contributed by atoms with Crippen molar-refractivity contribution in [2.45, 2.75) is 6.92 Å². The summed E-state index contributed by atoms with van der Waals surface area (Å²) in [6.07, 6.45) is 1.21. The fourth-order valence-electron chi connectivity index (χ4n) is 1.28. The van der Waals surface area contributed by atoms with Gasteiger partial charge in [-0.2, -0.15) is 5.10 Å². The van der Waals surface area contributed by atoms with Gasteiger partial charge in [0, 0.05) is 0 Å². The van der Waals surface area contributed by atoms with Gasteiger partial charge in [-0.1, -0.05) is 12.1 Å². The van der Waals surface area contributed by atoms with Crippen LogP contribution in [0.4, 0.5) is 10.1 Å². The van der Waals surface area contributed by atoms with E-state index >= 15 is 0 Å². The Balaban J connectivity index is 2.25. The van der Waals surface area contributed by atoms with Crippen LogP contribution in [-0.4, -0.2) is 21.1 Å². The molecule has 0 spiro atoms. The first-order chi connectivity index (χ1) is 7.68. The summed E-state index contributed by atoms with van der Waals surface area (Å²) in [5.74, 6) is -0.957. The molecule has 0 aliphatic carbocycles. The van der Waals surface area contributed by atoms with Crippen LogP contribution >= 0.6 is 0 Å². The van der Waals surface area contributed by atoms with E-state index in [1.165, 1.54) is 12.4 Å². The average Bonchev–Trinajstić information content (AvgIpc) is 2.76. The molecule has 1 aromatic heterocycles. The second-order valence-corrected chi connectivity index (χ2v) is 3.22. The van der Waals surface area contributed by atoms with Crippen LogP contribution in [0.1, 0.15) is 16.2 Å². The van der Waals surface area contributed by atoms with Crippen LogP contribution in [0.15, 0.2) is 24.5 Å². The Hall–Kier alpha value is -2.24. The number of carbonyl (C=O) groups excluding carboxylic acids is 1. The van der Waals surface area contributed by atoms with Crippen LogP contribution in [0.3, 0.4) is 0 Å². The predicted molar refractivity (Wildman–Crippen MR) is 55.5 cm³/mol. The van der Waals surface area contributed by atoms with Crippen molar-refractivity contribution < 1.29 is 9.18 Å². The number of amides is 1. The third-order valence-electron chi connectivity index (χ3n) is 2.09. The van der Waals surface area contributed by atoms with Crippen molar-refractivity contribution in [3.8, 4) is 0 Å². The van der Waals surface area contributed by atoms with Gasteiger partial charge in [0.25, 0.3) is 5.91 Å². The number of hydrogen-bond acceptors (Lipinski definition) is 3. The van der Waals surface area contributed by atoms with E-state index in [9.17, 15) is 9.18 Å². The lowest BCUT2D eigenvalue weighted by atomic mass is 10.2. The minimum absolute atomic E-state index is 0.0441. The van der Waals surface area contributed by atoms with Gasteiger partial charge in [-0.15, -0.1) is 0 Å². The third kappa shape index (κ3) is 1.90. The molecule has 2 rings (SSSR count). The lowest BCUT2D eigenvalue weighted by molar-refractivity contribution is 0.101. The topological polar surface area (TPSA) is 70.7 Å². The first kappa shape index (κ1) is 10.3. The van der Waals surface area contributed by atoms with Crippen LogP contribution in [0.2, 0.25) is 0 Å². The monoisotopic (exact) mass is 220 g/mol.